The molecule has 0 atom stereocenters. The van der Waals surface area contributed by atoms with Gasteiger partial charge in [0.2, 0.25) is 12.2 Å². The van der Waals surface area contributed by atoms with Crippen molar-refractivity contribution in [2.75, 3.05) is 12.0 Å². The monoisotopic (exact) mass is 378 g/mol. The Hall–Kier alpha value is -3.43. The molecule has 0 fully saturated rings. The minimum atomic E-state index is -4.41. The third kappa shape index (κ3) is 5.03. The third-order valence-electron chi connectivity index (χ3n) is 3.48. The van der Waals surface area contributed by atoms with Crippen molar-refractivity contribution in [3.8, 4) is 17.0 Å². The van der Waals surface area contributed by atoms with Crippen LogP contribution in [0.5, 0.6) is 5.88 Å². The van der Waals surface area contributed by atoms with Gasteiger partial charge < -0.3 is 4.74 Å². The molecule has 3 aromatic rings. The SMILES string of the molecule is Cn1c[n+](NC(=O)c2ccc(-c3ccc(OCC(F)(F)F)nc3)cc2)cn1. The van der Waals surface area contributed by atoms with Crippen LogP contribution in [0.15, 0.2) is 55.2 Å². The number of hydrogen-bond donors (Lipinski definition) is 1. The third-order valence-corrected chi connectivity index (χ3v) is 3.48. The zero-order valence-corrected chi connectivity index (χ0v) is 14.1. The minimum Gasteiger partial charge on any atom is -0.468 e. The van der Waals surface area contributed by atoms with Gasteiger partial charge in [-0.25, -0.2) is 10.4 Å². The van der Waals surface area contributed by atoms with Gasteiger partial charge in [0.05, 0.1) is 7.05 Å². The summed E-state index contributed by atoms with van der Waals surface area (Å²) in [5.74, 6) is -0.422. The Morgan fingerprint density at radius 3 is 2.44 bits per heavy atom. The number of alkyl halides is 3. The summed E-state index contributed by atoms with van der Waals surface area (Å²) >= 11 is 0. The first-order valence-corrected chi connectivity index (χ1v) is 7.77. The van der Waals surface area contributed by atoms with E-state index in [9.17, 15) is 18.0 Å². The van der Waals surface area contributed by atoms with E-state index in [0.717, 1.165) is 5.56 Å². The second-order valence-corrected chi connectivity index (χ2v) is 5.63. The number of carbonyl (C=O) groups excluding carboxylic acids is 1. The molecule has 0 spiro atoms. The van der Waals surface area contributed by atoms with Crippen LogP contribution in [-0.4, -0.2) is 33.5 Å². The molecule has 2 heterocycles. The summed E-state index contributed by atoms with van der Waals surface area (Å²) in [6, 6.07) is 9.66. The Morgan fingerprint density at radius 1 is 1.19 bits per heavy atom. The van der Waals surface area contributed by atoms with Crippen LogP contribution in [0.25, 0.3) is 11.1 Å². The highest BCUT2D eigenvalue weighted by Crippen LogP contribution is 2.22. The fourth-order valence-corrected chi connectivity index (χ4v) is 2.22. The molecule has 140 valence electrons. The summed E-state index contributed by atoms with van der Waals surface area (Å²) in [7, 11) is 1.73. The highest BCUT2D eigenvalue weighted by atomic mass is 19.4. The smallest absolute Gasteiger partial charge is 0.422 e. The summed E-state index contributed by atoms with van der Waals surface area (Å²) in [6.45, 7) is -1.39. The van der Waals surface area contributed by atoms with Crippen LogP contribution in [-0.2, 0) is 7.05 Å². The second kappa shape index (κ2) is 7.44. The molecule has 1 amide bonds. The summed E-state index contributed by atoms with van der Waals surface area (Å²) in [6.07, 6.45) is 0.0534. The summed E-state index contributed by atoms with van der Waals surface area (Å²) in [4.78, 5) is 16.0. The minimum absolute atomic E-state index is 0.111. The molecule has 2 aromatic heterocycles. The molecular weight excluding hydrogens is 363 g/mol. The fourth-order valence-electron chi connectivity index (χ4n) is 2.22. The Balaban J connectivity index is 1.65. The molecule has 0 aliphatic heterocycles. The molecule has 0 radical (unpaired) electrons. The zero-order valence-electron chi connectivity index (χ0n) is 14.1. The molecule has 1 aromatic carbocycles. The van der Waals surface area contributed by atoms with Crippen LogP contribution in [0.1, 0.15) is 10.4 Å². The van der Waals surface area contributed by atoms with Crippen LogP contribution in [0.2, 0.25) is 0 Å². The maximum Gasteiger partial charge on any atom is 0.422 e. The van der Waals surface area contributed by atoms with E-state index in [0.29, 0.717) is 11.1 Å². The number of aromatic nitrogens is 4. The molecule has 7 nitrogen and oxygen atoms in total. The molecular formula is C17H15F3N5O2+. The van der Waals surface area contributed by atoms with Gasteiger partial charge in [0, 0.05) is 28.5 Å². The number of hydrogen-bond acceptors (Lipinski definition) is 4. The molecule has 3 rings (SSSR count). The van der Waals surface area contributed by atoms with E-state index >= 15 is 0 Å². The number of halogens is 3. The topological polar surface area (TPSA) is 72.9 Å². The van der Waals surface area contributed by atoms with E-state index in [4.69, 9.17) is 0 Å². The van der Waals surface area contributed by atoms with Gasteiger partial charge in [-0.05, 0) is 23.8 Å². The van der Waals surface area contributed by atoms with Crippen molar-refractivity contribution < 1.29 is 27.4 Å². The highest BCUT2D eigenvalue weighted by Gasteiger charge is 2.28. The fraction of sp³-hybridized carbons (Fsp3) is 0.176. The van der Waals surface area contributed by atoms with Gasteiger partial charge in [0.15, 0.2) is 6.61 Å². The lowest BCUT2D eigenvalue weighted by Crippen LogP contribution is -2.46. The average molecular weight is 378 g/mol. The lowest BCUT2D eigenvalue weighted by Gasteiger charge is -2.09. The standard InChI is InChI=1S/C17H14F3N5O2/c1-24-11-25(10-22-24)23-16(26)13-4-2-12(3-5-13)14-6-7-15(21-8-14)27-9-17(18,19)20/h2-8,10-11H,9H2,1H3/p+1. The number of carbonyl (C=O) groups is 1. The predicted molar refractivity (Wildman–Crippen MR) is 88.3 cm³/mol. The van der Waals surface area contributed by atoms with Crippen molar-refractivity contribution in [1.29, 1.82) is 0 Å². The van der Waals surface area contributed by atoms with Crippen molar-refractivity contribution in [3.05, 3.63) is 60.8 Å². The maximum absolute atomic E-state index is 12.2. The van der Waals surface area contributed by atoms with Gasteiger partial charge in [0.1, 0.15) is 0 Å². The molecule has 10 heteroatoms. The molecule has 0 saturated carbocycles. The van der Waals surface area contributed by atoms with E-state index in [1.54, 1.807) is 48.4 Å². The van der Waals surface area contributed by atoms with E-state index in [1.165, 1.54) is 23.3 Å². The van der Waals surface area contributed by atoms with Crippen molar-refractivity contribution >= 4 is 5.91 Å². The largest absolute Gasteiger partial charge is 0.468 e. The molecule has 0 aliphatic rings. The Kier molecular flexibility index (Phi) is 5.06. The van der Waals surface area contributed by atoms with Crippen LogP contribution < -0.4 is 14.8 Å². The summed E-state index contributed by atoms with van der Waals surface area (Å²) in [5.41, 5.74) is 4.53. The lowest BCUT2D eigenvalue weighted by atomic mass is 10.1. The number of nitrogens with one attached hydrogen (secondary N) is 1. The average Bonchev–Trinajstić information content (AvgIpc) is 3.05. The molecule has 0 saturated heterocycles. The quantitative estimate of drug-likeness (QED) is 0.690. The number of rotatable bonds is 5. The Morgan fingerprint density at radius 2 is 1.89 bits per heavy atom. The highest BCUT2D eigenvalue weighted by molar-refractivity contribution is 5.99. The second-order valence-electron chi connectivity index (χ2n) is 5.63. The van der Waals surface area contributed by atoms with Crippen molar-refractivity contribution in [3.63, 3.8) is 0 Å². The first-order chi connectivity index (χ1) is 12.8. The number of benzene rings is 1. The van der Waals surface area contributed by atoms with Gasteiger partial charge in [0.25, 0.3) is 12.2 Å². The van der Waals surface area contributed by atoms with Gasteiger partial charge in [-0.15, -0.1) is 9.36 Å². The van der Waals surface area contributed by atoms with Gasteiger partial charge in [-0.3, -0.25) is 4.79 Å². The summed E-state index contributed by atoms with van der Waals surface area (Å²) in [5, 5.41) is 3.94. The number of pyridine rings is 1. The van der Waals surface area contributed by atoms with Crippen molar-refractivity contribution in [2.45, 2.75) is 6.18 Å². The van der Waals surface area contributed by atoms with Gasteiger partial charge in [-0.2, -0.15) is 13.2 Å². The Bertz CT molecular complexity index is 921. The van der Waals surface area contributed by atoms with Crippen LogP contribution in [0.4, 0.5) is 13.2 Å². The van der Waals surface area contributed by atoms with Crippen LogP contribution in [0, 0.1) is 0 Å². The van der Waals surface area contributed by atoms with E-state index in [2.05, 4.69) is 20.2 Å². The summed E-state index contributed by atoms with van der Waals surface area (Å²) < 4.78 is 44.0. The van der Waals surface area contributed by atoms with E-state index in [1.807, 2.05) is 0 Å². The molecule has 0 unspecified atom stereocenters. The van der Waals surface area contributed by atoms with E-state index in [-0.39, 0.29) is 11.8 Å². The molecule has 1 N–H and O–H groups in total. The Labute approximate surface area is 152 Å². The number of aryl methyl sites for hydroxylation is 1. The number of amides is 1. The first-order valence-electron chi connectivity index (χ1n) is 7.77. The van der Waals surface area contributed by atoms with Crippen molar-refractivity contribution in [2.24, 2.45) is 7.05 Å². The van der Waals surface area contributed by atoms with Gasteiger partial charge >= 0.3 is 6.18 Å². The predicted octanol–water partition coefficient (Wildman–Crippen LogP) is 2.09. The molecule has 0 bridgehead atoms. The number of nitrogens with zero attached hydrogens (tertiary/aromatic N) is 4. The first kappa shape index (κ1) is 18.4. The lowest BCUT2D eigenvalue weighted by molar-refractivity contribution is -0.642. The molecule has 27 heavy (non-hydrogen) atoms. The maximum atomic E-state index is 12.2. The van der Waals surface area contributed by atoms with Crippen LogP contribution in [0.3, 0.4) is 0 Å². The normalized spacial score (nSPS) is 11.3. The van der Waals surface area contributed by atoms with Crippen LogP contribution >= 0.6 is 0 Å². The van der Waals surface area contributed by atoms with Gasteiger partial charge in [-0.1, -0.05) is 12.1 Å². The molecule has 0 aliphatic carbocycles. The number of ether oxygens (including phenoxy) is 1. The van der Waals surface area contributed by atoms with E-state index < -0.39 is 12.8 Å². The van der Waals surface area contributed by atoms with Crippen molar-refractivity contribution in [1.82, 2.24) is 14.8 Å². The zero-order chi connectivity index (χ0) is 19.4.